The summed E-state index contributed by atoms with van der Waals surface area (Å²) in [6.07, 6.45) is 1.04. The summed E-state index contributed by atoms with van der Waals surface area (Å²) in [4.78, 5) is 27.8. The molecule has 1 aliphatic rings. The number of hydrogen-bond acceptors (Lipinski definition) is 6. The van der Waals surface area contributed by atoms with Crippen molar-refractivity contribution in [1.29, 1.82) is 0 Å². The lowest BCUT2D eigenvalue weighted by atomic mass is 10.1. The van der Waals surface area contributed by atoms with Gasteiger partial charge in [-0.1, -0.05) is 44.2 Å². The molecule has 0 saturated carbocycles. The van der Waals surface area contributed by atoms with Crippen molar-refractivity contribution in [3.63, 3.8) is 0 Å². The van der Waals surface area contributed by atoms with Gasteiger partial charge in [0.1, 0.15) is 25.8 Å². The first-order valence-corrected chi connectivity index (χ1v) is 13.4. The Kier molecular flexibility index (Phi) is 8.61. The molecule has 1 heterocycles. The van der Waals surface area contributed by atoms with Gasteiger partial charge in [-0.05, 0) is 30.5 Å². The third kappa shape index (κ3) is 7.11. The van der Waals surface area contributed by atoms with Crippen LogP contribution in [0.25, 0.3) is 0 Å². The highest BCUT2D eigenvalue weighted by Gasteiger charge is 2.30. The van der Waals surface area contributed by atoms with Crippen molar-refractivity contribution in [3.8, 4) is 11.5 Å². The first-order chi connectivity index (χ1) is 16.6. The number of carbonyl (C=O) groups is 2. The fourth-order valence-electron chi connectivity index (χ4n) is 3.62. The quantitative estimate of drug-likeness (QED) is 0.534. The van der Waals surface area contributed by atoms with Crippen molar-refractivity contribution in [2.24, 2.45) is 5.92 Å². The number of anilines is 1. The topological polar surface area (TPSA) is 105 Å². The SMILES string of the molecule is CC(C)CNC(=O)C(C)N(Cc1ccccc1)C(=O)CN(c1ccc2c(c1)OCCO2)S(C)(=O)=O. The summed E-state index contributed by atoms with van der Waals surface area (Å²) in [5.41, 5.74) is 1.11. The van der Waals surface area contributed by atoms with Crippen LogP contribution in [0.4, 0.5) is 5.69 Å². The fraction of sp³-hybridized carbons (Fsp3) is 0.440. The average molecular weight is 504 g/mol. The molecule has 3 rings (SSSR count). The number of ether oxygens (including phenoxy) is 2. The molecule has 2 aromatic carbocycles. The lowest BCUT2D eigenvalue weighted by Gasteiger charge is -2.32. The van der Waals surface area contributed by atoms with Crippen LogP contribution in [0.1, 0.15) is 26.3 Å². The molecule has 0 aromatic heterocycles. The molecular weight excluding hydrogens is 470 g/mol. The Hall–Kier alpha value is -3.27. The third-order valence-electron chi connectivity index (χ3n) is 5.54. The van der Waals surface area contributed by atoms with Crippen molar-refractivity contribution < 1.29 is 27.5 Å². The monoisotopic (exact) mass is 503 g/mol. The van der Waals surface area contributed by atoms with Gasteiger partial charge in [0.15, 0.2) is 11.5 Å². The van der Waals surface area contributed by atoms with Crippen LogP contribution in [-0.4, -0.2) is 63.7 Å². The first kappa shape index (κ1) is 26.3. The van der Waals surface area contributed by atoms with Crippen LogP contribution in [-0.2, 0) is 26.2 Å². The maximum absolute atomic E-state index is 13.5. The van der Waals surface area contributed by atoms with Gasteiger partial charge in [-0.3, -0.25) is 13.9 Å². The number of carbonyl (C=O) groups excluding carboxylic acids is 2. The molecule has 1 unspecified atom stereocenters. The highest BCUT2D eigenvalue weighted by molar-refractivity contribution is 7.92. The first-order valence-electron chi connectivity index (χ1n) is 11.5. The van der Waals surface area contributed by atoms with Crippen LogP contribution in [0.3, 0.4) is 0 Å². The molecule has 10 heteroatoms. The number of sulfonamides is 1. The number of amides is 2. The smallest absolute Gasteiger partial charge is 0.244 e. The zero-order chi connectivity index (χ0) is 25.6. The Labute approximate surface area is 207 Å². The molecule has 1 aliphatic heterocycles. The lowest BCUT2D eigenvalue weighted by molar-refractivity contribution is -0.139. The minimum absolute atomic E-state index is 0.161. The molecule has 0 spiro atoms. The fourth-order valence-corrected chi connectivity index (χ4v) is 4.46. The Morgan fingerprint density at radius 1 is 1.00 bits per heavy atom. The summed E-state index contributed by atoms with van der Waals surface area (Å²) < 4.78 is 37.5. The normalized spacial score (nSPS) is 13.7. The van der Waals surface area contributed by atoms with Crippen LogP contribution in [0, 0.1) is 5.92 Å². The van der Waals surface area contributed by atoms with E-state index in [4.69, 9.17) is 9.47 Å². The molecule has 190 valence electrons. The lowest BCUT2D eigenvalue weighted by Crippen LogP contribution is -2.51. The minimum atomic E-state index is -3.82. The van der Waals surface area contributed by atoms with E-state index in [0.29, 0.717) is 31.3 Å². The molecule has 0 bridgehead atoms. The van der Waals surface area contributed by atoms with Crippen molar-refractivity contribution in [1.82, 2.24) is 10.2 Å². The maximum Gasteiger partial charge on any atom is 0.244 e. The van der Waals surface area contributed by atoms with Gasteiger partial charge in [0.05, 0.1) is 11.9 Å². The van der Waals surface area contributed by atoms with E-state index in [0.717, 1.165) is 16.1 Å². The van der Waals surface area contributed by atoms with Gasteiger partial charge >= 0.3 is 0 Å². The number of fused-ring (bicyclic) bond motifs is 1. The van der Waals surface area contributed by atoms with E-state index in [2.05, 4.69) is 5.32 Å². The van der Waals surface area contributed by atoms with Gasteiger partial charge in [0.2, 0.25) is 21.8 Å². The Morgan fingerprint density at radius 2 is 1.66 bits per heavy atom. The van der Waals surface area contributed by atoms with E-state index in [1.54, 1.807) is 25.1 Å². The van der Waals surface area contributed by atoms with Crippen molar-refractivity contribution in [2.75, 3.05) is 36.9 Å². The average Bonchev–Trinajstić information content (AvgIpc) is 2.83. The molecule has 0 radical (unpaired) electrons. The second-order valence-corrected chi connectivity index (χ2v) is 10.8. The van der Waals surface area contributed by atoms with Crippen LogP contribution < -0.4 is 19.1 Å². The van der Waals surface area contributed by atoms with Crippen LogP contribution in [0.5, 0.6) is 11.5 Å². The molecule has 0 fully saturated rings. The highest BCUT2D eigenvalue weighted by Crippen LogP contribution is 2.34. The predicted molar refractivity (Wildman–Crippen MR) is 134 cm³/mol. The summed E-state index contributed by atoms with van der Waals surface area (Å²) in [5, 5.41) is 2.86. The number of benzene rings is 2. The summed E-state index contributed by atoms with van der Waals surface area (Å²) in [7, 11) is -3.82. The van der Waals surface area contributed by atoms with Crippen LogP contribution in [0.2, 0.25) is 0 Å². The van der Waals surface area contributed by atoms with E-state index >= 15 is 0 Å². The molecular formula is C25H33N3O6S. The van der Waals surface area contributed by atoms with Gasteiger partial charge in [0, 0.05) is 19.2 Å². The van der Waals surface area contributed by atoms with E-state index in [1.807, 2.05) is 44.2 Å². The summed E-state index contributed by atoms with van der Waals surface area (Å²) in [6.45, 7) is 6.54. The summed E-state index contributed by atoms with van der Waals surface area (Å²) in [6, 6.07) is 13.2. The predicted octanol–water partition coefficient (Wildman–Crippen LogP) is 2.41. The van der Waals surface area contributed by atoms with Gasteiger partial charge in [0.25, 0.3) is 0 Å². The van der Waals surface area contributed by atoms with E-state index in [9.17, 15) is 18.0 Å². The third-order valence-corrected chi connectivity index (χ3v) is 6.68. The molecule has 0 saturated heterocycles. The maximum atomic E-state index is 13.5. The van der Waals surface area contributed by atoms with Gasteiger partial charge < -0.3 is 19.7 Å². The van der Waals surface area contributed by atoms with E-state index < -0.39 is 28.5 Å². The molecule has 2 aromatic rings. The molecule has 9 nitrogen and oxygen atoms in total. The Balaban J connectivity index is 1.88. The Morgan fingerprint density at radius 3 is 2.29 bits per heavy atom. The molecule has 1 N–H and O–H groups in total. The molecule has 0 aliphatic carbocycles. The van der Waals surface area contributed by atoms with Gasteiger partial charge in [-0.2, -0.15) is 0 Å². The van der Waals surface area contributed by atoms with Crippen LogP contribution >= 0.6 is 0 Å². The number of rotatable bonds is 10. The van der Waals surface area contributed by atoms with Crippen molar-refractivity contribution >= 4 is 27.5 Å². The van der Waals surface area contributed by atoms with E-state index in [-0.39, 0.29) is 24.1 Å². The van der Waals surface area contributed by atoms with Crippen molar-refractivity contribution in [3.05, 3.63) is 54.1 Å². The molecule has 1 atom stereocenters. The summed E-state index contributed by atoms with van der Waals surface area (Å²) >= 11 is 0. The minimum Gasteiger partial charge on any atom is -0.486 e. The van der Waals surface area contributed by atoms with Crippen molar-refractivity contribution in [2.45, 2.75) is 33.4 Å². The molecule has 2 amide bonds. The highest BCUT2D eigenvalue weighted by atomic mass is 32.2. The number of hydrogen-bond donors (Lipinski definition) is 1. The molecule has 35 heavy (non-hydrogen) atoms. The standard InChI is InChI=1S/C25H33N3O6S/c1-18(2)15-26-25(30)19(3)27(16-20-8-6-5-7-9-20)24(29)17-28(35(4,31)32)21-10-11-22-23(14-21)34-13-12-33-22/h5-11,14,18-19H,12-13,15-17H2,1-4H3,(H,26,30). The largest absolute Gasteiger partial charge is 0.486 e. The van der Waals surface area contributed by atoms with Crippen LogP contribution in [0.15, 0.2) is 48.5 Å². The van der Waals surface area contributed by atoms with Gasteiger partial charge in [-0.15, -0.1) is 0 Å². The Bertz CT molecular complexity index is 1140. The van der Waals surface area contributed by atoms with E-state index in [1.165, 1.54) is 4.90 Å². The van der Waals surface area contributed by atoms with Gasteiger partial charge in [-0.25, -0.2) is 8.42 Å². The zero-order valence-corrected chi connectivity index (χ0v) is 21.4. The summed E-state index contributed by atoms with van der Waals surface area (Å²) in [5.74, 6) is 0.383. The second kappa shape index (κ2) is 11.4. The number of nitrogens with zero attached hydrogens (tertiary/aromatic N) is 2. The number of nitrogens with one attached hydrogen (secondary N) is 1. The zero-order valence-electron chi connectivity index (χ0n) is 20.6. The second-order valence-electron chi connectivity index (χ2n) is 8.92.